The Bertz CT molecular complexity index is 330. The molecule has 0 aliphatic carbocycles. The predicted molar refractivity (Wildman–Crippen MR) is 75.6 cm³/mol. The molecule has 1 heterocycles. The van der Waals surface area contributed by atoms with Gasteiger partial charge >= 0.3 is 0 Å². The molecule has 0 radical (unpaired) electrons. The average Bonchev–Trinajstić information content (AvgIpc) is 2.32. The molecule has 18 heavy (non-hydrogen) atoms. The summed E-state index contributed by atoms with van der Waals surface area (Å²) in [6.45, 7) is 8.64. The summed E-state index contributed by atoms with van der Waals surface area (Å²) in [5.74, 6) is -0.0516. The van der Waals surface area contributed by atoms with Gasteiger partial charge in [0.15, 0.2) is 0 Å². The molecule has 0 unspecified atom stereocenters. The van der Waals surface area contributed by atoms with E-state index in [2.05, 4.69) is 25.4 Å². The van der Waals surface area contributed by atoms with E-state index in [1.807, 2.05) is 0 Å². The van der Waals surface area contributed by atoms with Gasteiger partial charge in [-0.2, -0.15) is 11.8 Å². The van der Waals surface area contributed by atoms with Crippen LogP contribution < -0.4 is 5.32 Å². The highest BCUT2D eigenvalue weighted by Gasteiger charge is 2.41. The van der Waals surface area contributed by atoms with Crippen LogP contribution in [0.4, 0.5) is 0 Å². The Morgan fingerprint density at radius 1 is 1.33 bits per heavy atom. The maximum atomic E-state index is 12.3. The lowest BCUT2D eigenvalue weighted by Gasteiger charge is -2.42. The van der Waals surface area contributed by atoms with Gasteiger partial charge in [-0.1, -0.05) is 13.8 Å². The Hall–Kier alpha value is -0.710. The van der Waals surface area contributed by atoms with Gasteiger partial charge in [0.05, 0.1) is 6.54 Å². The van der Waals surface area contributed by atoms with E-state index >= 15 is 0 Å². The highest BCUT2D eigenvalue weighted by Crippen LogP contribution is 2.32. The SMILES string of the molecule is CCC(CC)(CN1CC(=O)NC(C)(C)C1=O)SC. The summed E-state index contributed by atoms with van der Waals surface area (Å²) >= 11 is 1.79. The van der Waals surface area contributed by atoms with Gasteiger partial charge in [-0.15, -0.1) is 0 Å². The van der Waals surface area contributed by atoms with Crippen LogP contribution in [0.15, 0.2) is 0 Å². The van der Waals surface area contributed by atoms with Crippen LogP contribution in [0, 0.1) is 0 Å². The van der Waals surface area contributed by atoms with E-state index < -0.39 is 5.54 Å². The van der Waals surface area contributed by atoms with Gasteiger partial charge in [0.2, 0.25) is 11.8 Å². The lowest BCUT2D eigenvalue weighted by molar-refractivity contribution is -0.148. The highest BCUT2D eigenvalue weighted by molar-refractivity contribution is 8.00. The van der Waals surface area contributed by atoms with Crippen molar-refractivity contribution in [1.82, 2.24) is 10.2 Å². The summed E-state index contributed by atoms with van der Waals surface area (Å²) in [4.78, 5) is 25.7. The maximum Gasteiger partial charge on any atom is 0.248 e. The van der Waals surface area contributed by atoms with Crippen LogP contribution in [-0.4, -0.2) is 46.3 Å². The van der Waals surface area contributed by atoms with Crippen molar-refractivity contribution in [1.29, 1.82) is 0 Å². The van der Waals surface area contributed by atoms with E-state index in [-0.39, 0.29) is 23.1 Å². The first-order chi connectivity index (χ1) is 8.30. The van der Waals surface area contributed by atoms with Crippen molar-refractivity contribution in [3.05, 3.63) is 0 Å². The van der Waals surface area contributed by atoms with Crippen molar-refractivity contribution in [3.8, 4) is 0 Å². The van der Waals surface area contributed by atoms with Gasteiger partial charge in [0.1, 0.15) is 5.54 Å². The van der Waals surface area contributed by atoms with Gasteiger partial charge in [-0.25, -0.2) is 0 Å². The lowest BCUT2D eigenvalue weighted by atomic mass is 9.96. The number of carbonyl (C=O) groups excluding carboxylic acids is 2. The molecule has 104 valence electrons. The molecule has 1 saturated heterocycles. The van der Waals surface area contributed by atoms with E-state index in [0.717, 1.165) is 12.8 Å². The zero-order chi connectivity index (χ0) is 14.0. The number of nitrogens with one attached hydrogen (secondary N) is 1. The molecule has 0 bridgehead atoms. The molecule has 0 saturated carbocycles. The van der Waals surface area contributed by atoms with Crippen molar-refractivity contribution < 1.29 is 9.59 Å². The number of rotatable bonds is 5. The Morgan fingerprint density at radius 3 is 2.33 bits per heavy atom. The van der Waals surface area contributed by atoms with E-state index in [1.165, 1.54) is 0 Å². The Kier molecular flexibility index (Phi) is 4.70. The summed E-state index contributed by atoms with van der Waals surface area (Å²) in [6.07, 6.45) is 4.07. The van der Waals surface area contributed by atoms with Gasteiger partial charge < -0.3 is 10.2 Å². The van der Waals surface area contributed by atoms with Crippen molar-refractivity contribution in [2.75, 3.05) is 19.3 Å². The van der Waals surface area contributed by atoms with E-state index in [0.29, 0.717) is 6.54 Å². The van der Waals surface area contributed by atoms with Crippen LogP contribution in [0.2, 0.25) is 0 Å². The molecule has 0 aromatic heterocycles. The summed E-state index contributed by atoms with van der Waals surface area (Å²) in [6, 6.07) is 0. The van der Waals surface area contributed by atoms with Crippen LogP contribution in [0.1, 0.15) is 40.5 Å². The van der Waals surface area contributed by atoms with E-state index in [4.69, 9.17) is 0 Å². The fourth-order valence-corrected chi connectivity index (χ4v) is 3.25. The number of carbonyl (C=O) groups is 2. The fourth-order valence-electron chi connectivity index (χ4n) is 2.38. The highest BCUT2D eigenvalue weighted by atomic mass is 32.2. The summed E-state index contributed by atoms with van der Waals surface area (Å²) in [5.41, 5.74) is -0.777. The zero-order valence-electron chi connectivity index (χ0n) is 12.0. The number of piperazine rings is 1. The average molecular weight is 272 g/mol. The summed E-state index contributed by atoms with van der Waals surface area (Å²) in [7, 11) is 0. The predicted octanol–water partition coefficient (Wildman–Crippen LogP) is 1.65. The quantitative estimate of drug-likeness (QED) is 0.828. The van der Waals surface area contributed by atoms with Gasteiger partial charge in [0.25, 0.3) is 0 Å². The molecule has 0 aromatic rings. The van der Waals surface area contributed by atoms with Crippen molar-refractivity contribution in [2.45, 2.75) is 50.8 Å². The summed E-state index contributed by atoms with van der Waals surface area (Å²) in [5, 5.41) is 2.74. The van der Waals surface area contributed by atoms with Crippen LogP contribution in [0.25, 0.3) is 0 Å². The van der Waals surface area contributed by atoms with E-state index in [9.17, 15) is 9.59 Å². The number of thioether (sulfide) groups is 1. The molecule has 1 aliphatic rings. The first-order valence-corrected chi connectivity index (χ1v) is 7.68. The summed E-state index contributed by atoms with van der Waals surface area (Å²) < 4.78 is 0.0589. The molecule has 0 spiro atoms. The molecular weight excluding hydrogens is 248 g/mol. The van der Waals surface area contributed by atoms with Crippen LogP contribution in [0.5, 0.6) is 0 Å². The molecule has 2 amide bonds. The topological polar surface area (TPSA) is 49.4 Å². The van der Waals surface area contributed by atoms with Gasteiger partial charge in [-0.3, -0.25) is 9.59 Å². The van der Waals surface area contributed by atoms with Crippen LogP contribution in [0.3, 0.4) is 0 Å². The second kappa shape index (κ2) is 5.51. The lowest BCUT2D eigenvalue weighted by Crippen LogP contribution is -2.65. The third-order valence-corrected chi connectivity index (χ3v) is 5.38. The molecule has 4 nitrogen and oxygen atoms in total. The minimum Gasteiger partial charge on any atom is -0.341 e. The first kappa shape index (κ1) is 15.3. The standard InChI is InChI=1S/C13H24N2O2S/c1-6-13(7-2,18-5)9-15-8-10(16)14-12(3,4)11(15)17/h6-9H2,1-5H3,(H,14,16). The second-order valence-electron chi connectivity index (χ2n) is 5.43. The third kappa shape index (κ3) is 2.99. The monoisotopic (exact) mass is 272 g/mol. The fraction of sp³-hybridized carbons (Fsp3) is 0.846. The molecule has 1 rings (SSSR count). The molecule has 1 fully saturated rings. The first-order valence-electron chi connectivity index (χ1n) is 6.46. The van der Waals surface area contributed by atoms with Crippen molar-refractivity contribution >= 4 is 23.6 Å². The van der Waals surface area contributed by atoms with Crippen molar-refractivity contribution in [2.24, 2.45) is 0 Å². The molecule has 5 heteroatoms. The zero-order valence-corrected chi connectivity index (χ0v) is 12.8. The minimum atomic E-state index is -0.777. The van der Waals surface area contributed by atoms with Crippen LogP contribution >= 0.6 is 11.8 Å². The molecule has 1 aliphatic heterocycles. The van der Waals surface area contributed by atoms with Gasteiger partial charge in [-0.05, 0) is 32.9 Å². The largest absolute Gasteiger partial charge is 0.341 e. The molecular formula is C13H24N2O2S. The molecule has 0 atom stereocenters. The number of amides is 2. The normalized spacial score (nSPS) is 19.9. The van der Waals surface area contributed by atoms with Crippen molar-refractivity contribution in [3.63, 3.8) is 0 Å². The number of nitrogens with zero attached hydrogens (tertiary/aromatic N) is 1. The minimum absolute atomic E-state index is 0.0161. The molecule has 0 aromatic carbocycles. The Labute approximate surface area is 114 Å². The Balaban J connectivity index is 2.88. The smallest absolute Gasteiger partial charge is 0.248 e. The van der Waals surface area contributed by atoms with Gasteiger partial charge in [0, 0.05) is 11.3 Å². The van der Waals surface area contributed by atoms with E-state index in [1.54, 1.807) is 30.5 Å². The molecule has 1 N–H and O–H groups in total. The number of hydrogen-bond donors (Lipinski definition) is 1. The maximum absolute atomic E-state index is 12.3. The second-order valence-corrected chi connectivity index (χ2v) is 6.70. The third-order valence-electron chi connectivity index (χ3n) is 3.81. The van der Waals surface area contributed by atoms with Crippen LogP contribution in [-0.2, 0) is 9.59 Å². The number of hydrogen-bond acceptors (Lipinski definition) is 3. The Morgan fingerprint density at radius 2 is 1.89 bits per heavy atom.